The number of rotatable bonds is 8. The number of carboxylic acids is 1. The van der Waals surface area contributed by atoms with Crippen molar-refractivity contribution in [2.45, 2.75) is 52.6 Å². The predicted molar refractivity (Wildman–Crippen MR) is 77.9 cm³/mol. The standard InChI is InChI=1S/C14H26N2O5/c1-6-16(10(4)8-12(17)18)14(20)15-11(7-9(2)3)13(19)21-5/h9-11H,6-8H2,1-5H3,(H,15,20)(H,17,18). The minimum absolute atomic E-state index is 0.145. The van der Waals surface area contributed by atoms with Gasteiger partial charge in [0.2, 0.25) is 0 Å². The molecular weight excluding hydrogens is 276 g/mol. The summed E-state index contributed by atoms with van der Waals surface area (Å²) in [5.41, 5.74) is 0. The molecule has 0 aliphatic heterocycles. The third-order valence-corrected chi connectivity index (χ3v) is 3.09. The fourth-order valence-electron chi connectivity index (χ4n) is 2.08. The van der Waals surface area contributed by atoms with Crippen LogP contribution in [0.2, 0.25) is 0 Å². The van der Waals surface area contributed by atoms with Gasteiger partial charge >= 0.3 is 18.0 Å². The van der Waals surface area contributed by atoms with Crippen LogP contribution in [-0.4, -0.2) is 53.7 Å². The quantitative estimate of drug-likeness (QED) is 0.662. The fraction of sp³-hybridized carbons (Fsp3) is 0.786. The summed E-state index contributed by atoms with van der Waals surface area (Å²) in [6.07, 6.45) is 0.317. The summed E-state index contributed by atoms with van der Waals surface area (Å²) in [6.45, 7) is 7.65. The largest absolute Gasteiger partial charge is 0.481 e. The van der Waals surface area contributed by atoms with Crippen LogP contribution < -0.4 is 5.32 Å². The van der Waals surface area contributed by atoms with E-state index in [9.17, 15) is 14.4 Å². The molecule has 2 N–H and O–H groups in total. The highest BCUT2D eigenvalue weighted by molar-refractivity contribution is 5.84. The number of aliphatic carboxylic acids is 1. The summed E-state index contributed by atoms with van der Waals surface area (Å²) in [7, 11) is 1.27. The van der Waals surface area contributed by atoms with E-state index in [1.807, 2.05) is 13.8 Å². The Kier molecular flexibility index (Phi) is 8.42. The van der Waals surface area contributed by atoms with Crippen molar-refractivity contribution in [3.63, 3.8) is 0 Å². The van der Waals surface area contributed by atoms with Crippen molar-refractivity contribution in [1.29, 1.82) is 0 Å². The maximum absolute atomic E-state index is 12.2. The lowest BCUT2D eigenvalue weighted by Crippen LogP contribution is -2.51. The third kappa shape index (κ3) is 6.97. The molecule has 0 heterocycles. The highest BCUT2D eigenvalue weighted by atomic mass is 16.5. The molecule has 2 amide bonds. The first-order valence-electron chi connectivity index (χ1n) is 7.09. The van der Waals surface area contributed by atoms with Gasteiger partial charge in [0.25, 0.3) is 0 Å². The van der Waals surface area contributed by atoms with Gasteiger partial charge in [0.15, 0.2) is 0 Å². The highest BCUT2D eigenvalue weighted by Crippen LogP contribution is 2.09. The van der Waals surface area contributed by atoms with Crippen molar-refractivity contribution in [1.82, 2.24) is 10.2 Å². The van der Waals surface area contributed by atoms with Crippen molar-refractivity contribution in [2.24, 2.45) is 5.92 Å². The van der Waals surface area contributed by atoms with E-state index in [2.05, 4.69) is 10.1 Å². The molecule has 0 aromatic heterocycles. The first-order chi connectivity index (χ1) is 9.72. The number of methoxy groups -OCH3 is 1. The number of carboxylic acid groups (broad SMARTS) is 1. The Morgan fingerprint density at radius 2 is 1.81 bits per heavy atom. The normalized spacial score (nSPS) is 13.4. The molecule has 0 aromatic rings. The summed E-state index contributed by atoms with van der Waals surface area (Å²) in [4.78, 5) is 36.1. The summed E-state index contributed by atoms with van der Waals surface area (Å²) in [5, 5.41) is 11.4. The molecule has 0 spiro atoms. The van der Waals surface area contributed by atoms with Gasteiger partial charge in [-0.25, -0.2) is 9.59 Å². The van der Waals surface area contributed by atoms with Crippen LogP contribution in [0.25, 0.3) is 0 Å². The van der Waals surface area contributed by atoms with E-state index in [-0.39, 0.29) is 12.3 Å². The molecule has 0 aliphatic rings. The van der Waals surface area contributed by atoms with Gasteiger partial charge in [-0.2, -0.15) is 0 Å². The van der Waals surface area contributed by atoms with Crippen LogP contribution in [0.5, 0.6) is 0 Å². The molecule has 0 aromatic carbocycles. The van der Waals surface area contributed by atoms with Gasteiger partial charge in [0, 0.05) is 12.6 Å². The molecule has 0 saturated heterocycles. The van der Waals surface area contributed by atoms with Crippen LogP contribution in [0.15, 0.2) is 0 Å². The lowest BCUT2D eigenvalue weighted by molar-refractivity contribution is -0.143. The highest BCUT2D eigenvalue weighted by Gasteiger charge is 2.27. The molecule has 2 unspecified atom stereocenters. The second-order valence-corrected chi connectivity index (χ2v) is 5.39. The van der Waals surface area contributed by atoms with E-state index in [4.69, 9.17) is 5.11 Å². The molecule has 0 bridgehead atoms. The number of nitrogens with zero attached hydrogens (tertiary/aromatic N) is 1. The van der Waals surface area contributed by atoms with Crippen LogP contribution in [-0.2, 0) is 14.3 Å². The van der Waals surface area contributed by atoms with Crippen LogP contribution in [0.3, 0.4) is 0 Å². The molecule has 7 nitrogen and oxygen atoms in total. The van der Waals surface area contributed by atoms with Crippen molar-refractivity contribution in [2.75, 3.05) is 13.7 Å². The Bertz CT molecular complexity index is 370. The van der Waals surface area contributed by atoms with Gasteiger partial charge in [-0.15, -0.1) is 0 Å². The molecule has 21 heavy (non-hydrogen) atoms. The Balaban J connectivity index is 4.84. The first kappa shape index (κ1) is 19.2. The molecule has 0 aliphatic carbocycles. The third-order valence-electron chi connectivity index (χ3n) is 3.09. The van der Waals surface area contributed by atoms with E-state index in [1.165, 1.54) is 12.0 Å². The van der Waals surface area contributed by atoms with E-state index in [0.717, 1.165) is 0 Å². The van der Waals surface area contributed by atoms with Gasteiger partial charge in [0.1, 0.15) is 6.04 Å². The molecular formula is C14H26N2O5. The number of carbonyl (C=O) groups excluding carboxylic acids is 2. The number of nitrogens with one attached hydrogen (secondary N) is 1. The minimum Gasteiger partial charge on any atom is -0.481 e. The average molecular weight is 302 g/mol. The SMILES string of the molecule is CCN(C(=O)NC(CC(C)C)C(=O)OC)C(C)CC(=O)O. The number of hydrogen-bond donors (Lipinski definition) is 2. The van der Waals surface area contributed by atoms with Crippen LogP contribution in [0.4, 0.5) is 4.79 Å². The summed E-state index contributed by atoms with van der Waals surface area (Å²) in [6, 6.07) is -1.64. The predicted octanol–water partition coefficient (Wildman–Crippen LogP) is 1.47. The second kappa shape index (κ2) is 9.20. The zero-order valence-electron chi connectivity index (χ0n) is 13.4. The van der Waals surface area contributed by atoms with Crippen LogP contribution >= 0.6 is 0 Å². The van der Waals surface area contributed by atoms with Gasteiger partial charge in [0.05, 0.1) is 13.5 Å². The number of urea groups is 1. The number of carbonyl (C=O) groups is 3. The van der Waals surface area contributed by atoms with E-state index < -0.39 is 30.1 Å². The Morgan fingerprint density at radius 1 is 1.24 bits per heavy atom. The monoisotopic (exact) mass is 302 g/mol. The molecule has 0 rings (SSSR count). The molecule has 7 heteroatoms. The average Bonchev–Trinajstić information content (AvgIpc) is 2.36. The van der Waals surface area contributed by atoms with E-state index in [1.54, 1.807) is 13.8 Å². The van der Waals surface area contributed by atoms with Gasteiger partial charge in [-0.3, -0.25) is 4.79 Å². The Labute approximate surface area is 125 Å². The van der Waals surface area contributed by atoms with Crippen molar-refractivity contribution >= 4 is 18.0 Å². The summed E-state index contributed by atoms with van der Waals surface area (Å²) < 4.78 is 4.69. The van der Waals surface area contributed by atoms with Gasteiger partial charge in [-0.1, -0.05) is 13.8 Å². The van der Waals surface area contributed by atoms with E-state index >= 15 is 0 Å². The number of esters is 1. The van der Waals surface area contributed by atoms with Gasteiger partial charge in [-0.05, 0) is 26.2 Å². The smallest absolute Gasteiger partial charge is 0.328 e. The number of hydrogen-bond acceptors (Lipinski definition) is 4. The van der Waals surface area contributed by atoms with Crippen molar-refractivity contribution in [3.05, 3.63) is 0 Å². The molecule has 2 atom stereocenters. The zero-order valence-corrected chi connectivity index (χ0v) is 13.4. The Morgan fingerprint density at radius 3 is 2.19 bits per heavy atom. The Hall–Kier alpha value is -1.79. The zero-order chi connectivity index (χ0) is 16.6. The minimum atomic E-state index is -0.972. The van der Waals surface area contributed by atoms with Crippen LogP contribution in [0, 0.1) is 5.92 Å². The summed E-state index contributed by atoms with van der Waals surface area (Å²) >= 11 is 0. The molecule has 0 radical (unpaired) electrons. The van der Waals surface area contributed by atoms with E-state index in [0.29, 0.717) is 13.0 Å². The molecule has 0 fully saturated rings. The van der Waals surface area contributed by atoms with Gasteiger partial charge < -0.3 is 20.1 Å². The van der Waals surface area contributed by atoms with Crippen LogP contribution in [0.1, 0.15) is 40.5 Å². The lowest BCUT2D eigenvalue weighted by atomic mass is 10.0. The molecule has 0 saturated carbocycles. The topological polar surface area (TPSA) is 95.9 Å². The first-order valence-corrected chi connectivity index (χ1v) is 7.09. The number of amides is 2. The second-order valence-electron chi connectivity index (χ2n) is 5.39. The number of ether oxygens (including phenoxy) is 1. The maximum Gasteiger partial charge on any atom is 0.328 e. The van der Waals surface area contributed by atoms with Crippen molar-refractivity contribution < 1.29 is 24.2 Å². The molecule has 122 valence electrons. The maximum atomic E-state index is 12.2. The summed E-state index contributed by atoms with van der Waals surface area (Å²) in [5.74, 6) is -1.26. The fourth-order valence-corrected chi connectivity index (χ4v) is 2.08. The van der Waals surface area contributed by atoms with Crippen molar-refractivity contribution in [3.8, 4) is 0 Å². The lowest BCUT2D eigenvalue weighted by Gasteiger charge is -2.29.